The van der Waals surface area contributed by atoms with E-state index in [0.717, 1.165) is 36.4 Å². The van der Waals surface area contributed by atoms with Crippen molar-refractivity contribution in [3.05, 3.63) is 83.0 Å². The number of nitrogens with one attached hydrogen (secondary N) is 2. The Hall–Kier alpha value is -2.88. The molecule has 4 heteroatoms. The van der Waals surface area contributed by atoms with Gasteiger partial charge in [0.15, 0.2) is 5.82 Å². The van der Waals surface area contributed by atoms with Gasteiger partial charge in [-0.25, -0.2) is 0 Å². The molecule has 5 rings (SSSR count). The topological polar surface area (TPSA) is 57.8 Å². The van der Waals surface area contributed by atoms with Gasteiger partial charge in [-0.05, 0) is 61.1 Å². The van der Waals surface area contributed by atoms with Crippen molar-refractivity contribution in [1.82, 2.24) is 10.2 Å². The minimum Gasteiger partial charge on any atom is -0.308 e. The van der Waals surface area contributed by atoms with Gasteiger partial charge in [0.2, 0.25) is 5.91 Å². The summed E-state index contributed by atoms with van der Waals surface area (Å²) in [5, 5.41) is 10.6. The number of carbonyl (C=O) groups is 1. The molecule has 28 heavy (non-hydrogen) atoms. The maximum Gasteiger partial charge on any atom is 0.236 e. The van der Waals surface area contributed by atoms with Crippen molar-refractivity contribution in [3.8, 4) is 0 Å². The molecule has 0 aliphatic heterocycles. The number of benzene rings is 2. The predicted molar refractivity (Wildman–Crippen MR) is 110 cm³/mol. The Morgan fingerprint density at radius 2 is 1.89 bits per heavy atom. The molecule has 1 amide bonds. The molecule has 1 fully saturated rings. The number of H-pyrrole nitrogens is 1. The zero-order valence-electron chi connectivity index (χ0n) is 15.9. The highest BCUT2D eigenvalue weighted by Gasteiger charge is 2.45. The normalized spacial score (nSPS) is 20.7. The molecule has 142 valence electrons. The third-order valence-corrected chi connectivity index (χ3v) is 6.22. The molecule has 2 aliphatic carbocycles. The van der Waals surface area contributed by atoms with Gasteiger partial charge in [0.1, 0.15) is 0 Å². The van der Waals surface area contributed by atoms with Gasteiger partial charge in [0.25, 0.3) is 0 Å². The number of anilines is 1. The highest BCUT2D eigenvalue weighted by Crippen LogP contribution is 2.42. The van der Waals surface area contributed by atoms with Crippen molar-refractivity contribution < 1.29 is 4.79 Å². The van der Waals surface area contributed by atoms with E-state index in [4.69, 9.17) is 0 Å². The summed E-state index contributed by atoms with van der Waals surface area (Å²) < 4.78 is 0. The van der Waals surface area contributed by atoms with Gasteiger partial charge in [0.05, 0.1) is 5.41 Å². The summed E-state index contributed by atoms with van der Waals surface area (Å²) in [6, 6.07) is 20.7. The number of aryl methyl sites for hydroxylation is 1. The lowest BCUT2D eigenvalue weighted by Crippen LogP contribution is -2.40. The highest BCUT2D eigenvalue weighted by molar-refractivity contribution is 5.99. The second-order valence-electron chi connectivity index (χ2n) is 8.28. The fourth-order valence-corrected chi connectivity index (χ4v) is 4.53. The van der Waals surface area contributed by atoms with Crippen LogP contribution in [-0.2, 0) is 29.5 Å². The predicted octanol–water partition coefficient (Wildman–Crippen LogP) is 4.43. The summed E-state index contributed by atoms with van der Waals surface area (Å²) in [4.78, 5) is 13.6. The van der Waals surface area contributed by atoms with Gasteiger partial charge in [-0.1, -0.05) is 54.6 Å². The van der Waals surface area contributed by atoms with Crippen LogP contribution >= 0.6 is 0 Å². The average Bonchev–Trinajstić information content (AvgIpc) is 3.30. The number of carbonyl (C=O) groups excluding carboxylic acids is 1. The van der Waals surface area contributed by atoms with Crippen LogP contribution in [0.25, 0.3) is 0 Å². The summed E-state index contributed by atoms with van der Waals surface area (Å²) in [6.07, 6.45) is 6.10. The molecule has 2 aromatic carbocycles. The monoisotopic (exact) mass is 371 g/mol. The number of aromatic amines is 1. The second-order valence-corrected chi connectivity index (χ2v) is 8.28. The second kappa shape index (κ2) is 6.93. The molecule has 2 N–H and O–H groups in total. The Morgan fingerprint density at radius 3 is 2.71 bits per heavy atom. The summed E-state index contributed by atoms with van der Waals surface area (Å²) in [5.41, 5.74) is 4.19. The number of hydrogen-bond donors (Lipinski definition) is 2. The molecule has 1 heterocycles. The van der Waals surface area contributed by atoms with Crippen molar-refractivity contribution in [2.24, 2.45) is 5.92 Å². The number of aromatic nitrogens is 2. The lowest BCUT2D eigenvalue weighted by Gasteiger charge is -2.29. The van der Waals surface area contributed by atoms with E-state index in [1.807, 2.05) is 30.3 Å². The Bertz CT molecular complexity index is 990. The van der Waals surface area contributed by atoms with Gasteiger partial charge < -0.3 is 5.32 Å². The first-order chi connectivity index (χ1) is 13.7. The van der Waals surface area contributed by atoms with Crippen molar-refractivity contribution >= 4 is 11.7 Å². The standard InChI is InChI=1S/C24H25N3O/c28-23(25-22-15-20(26-27-22)14-17-10-11-17)24(16-18-6-2-1-3-7-18)13-12-19-8-4-5-9-21(19)24/h1-9,15,17H,10-14,16H2,(H2,25,26,27,28). The fraction of sp³-hybridized carbons (Fsp3) is 0.333. The first-order valence-corrected chi connectivity index (χ1v) is 10.2. The Kier molecular flexibility index (Phi) is 4.27. The fourth-order valence-electron chi connectivity index (χ4n) is 4.53. The number of fused-ring (bicyclic) bond motifs is 1. The number of nitrogens with zero attached hydrogens (tertiary/aromatic N) is 1. The van der Waals surface area contributed by atoms with Crippen molar-refractivity contribution in [2.45, 2.75) is 43.9 Å². The van der Waals surface area contributed by atoms with Crippen LogP contribution < -0.4 is 5.32 Å². The van der Waals surface area contributed by atoms with Gasteiger partial charge in [-0.2, -0.15) is 5.10 Å². The van der Waals surface area contributed by atoms with Crippen LogP contribution in [0.5, 0.6) is 0 Å². The first-order valence-electron chi connectivity index (χ1n) is 10.2. The lowest BCUT2D eigenvalue weighted by atomic mass is 9.75. The minimum absolute atomic E-state index is 0.0470. The Morgan fingerprint density at radius 1 is 1.11 bits per heavy atom. The summed E-state index contributed by atoms with van der Waals surface area (Å²) in [5.74, 6) is 1.47. The van der Waals surface area contributed by atoms with Crippen LogP contribution in [0.4, 0.5) is 5.82 Å². The molecule has 1 unspecified atom stereocenters. The number of hydrogen-bond acceptors (Lipinski definition) is 2. The molecule has 0 saturated heterocycles. The van der Waals surface area contributed by atoms with E-state index >= 15 is 0 Å². The van der Waals surface area contributed by atoms with Crippen molar-refractivity contribution in [2.75, 3.05) is 5.32 Å². The maximum atomic E-state index is 13.6. The van der Waals surface area contributed by atoms with E-state index in [0.29, 0.717) is 12.2 Å². The SMILES string of the molecule is O=C(Nc1cc(CC2CC2)[nH]n1)C1(Cc2ccccc2)CCc2ccccc21. The van der Waals surface area contributed by atoms with Crippen LogP contribution in [0.1, 0.15) is 41.6 Å². The summed E-state index contributed by atoms with van der Waals surface area (Å²) >= 11 is 0. The first kappa shape index (κ1) is 17.2. The van der Waals surface area contributed by atoms with Crippen LogP contribution in [0.2, 0.25) is 0 Å². The van der Waals surface area contributed by atoms with E-state index in [1.165, 1.54) is 24.0 Å². The van der Waals surface area contributed by atoms with Gasteiger partial charge in [0, 0.05) is 11.8 Å². The highest BCUT2D eigenvalue weighted by atomic mass is 16.2. The van der Waals surface area contributed by atoms with Crippen LogP contribution in [-0.4, -0.2) is 16.1 Å². The van der Waals surface area contributed by atoms with E-state index in [1.54, 1.807) is 0 Å². The Balaban J connectivity index is 1.44. The molecule has 3 aromatic rings. The molecular formula is C24H25N3O. The molecule has 1 atom stereocenters. The zero-order chi connectivity index (χ0) is 19.0. The lowest BCUT2D eigenvalue weighted by molar-refractivity contribution is -0.121. The van der Waals surface area contributed by atoms with Crippen LogP contribution in [0.15, 0.2) is 60.7 Å². The average molecular weight is 371 g/mol. The van der Waals surface area contributed by atoms with Crippen LogP contribution in [0, 0.1) is 5.92 Å². The van der Waals surface area contributed by atoms with Gasteiger partial charge >= 0.3 is 0 Å². The third kappa shape index (κ3) is 3.24. The van der Waals surface area contributed by atoms with Crippen molar-refractivity contribution in [1.29, 1.82) is 0 Å². The summed E-state index contributed by atoms with van der Waals surface area (Å²) in [7, 11) is 0. The quantitative estimate of drug-likeness (QED) is 0.673. The van der Waals surface area contributed by atoms with E-state index in [9.17, 15) is 4.79 Å². The van der Waals surface area contributed by atoms with E-state index < -0.39 is 5.41 Å². The molecule has 1 saturated carbocycles. The largest absolute Gasteiger partial charge is 0.308 e. The number of amides is 1. The molecule has 4 nitrogen and oxygen atoms in total. The van der Waals surface area contributed by atoms with Gasteiger partial charge in [-0.15, -0.1) is 0 Å². The Labute approximate surface area is 165 Å². The zero-order valence-corrected chi connectivity index (χ0v) is 15.9. The minimum atomic E-state index is -0.548. The van der Waals surface area contributed by atoms with Crippen molar-refractivity contribution in [3.63, 3.8) is 0 Å². The molecule has 0 radical (unpaired) electrons. The van der Waals surface area contributed by atoms with E-state index in [-0.39, 0.29) is 5.91 Å². The third-order valence-electron chi connectivity index (χ3n) is 6.22. The number of rotatable bonds is 6. The summed E-state index contributed by atoms with van der Waals surface area (Å²) in [6.45, 7) is 0. The molecule has 2 aliphatic rings. The smallest absolute Gasteiger partial charge is 0.236 e. The maximum absolute atomic E-state index is 13.6. The van der Waals surface area contributed by atoms with Crippen LogP contribution in [0.3, 0.4) is 0 Å². The molecule has 1 aromatic heterocycles. The molecule has 0 bridgehead atoms. The molecule has 0 spiro atoms. The van der Waals surface area contributed by atoms with Gasteiger partial charge in [-0.3, -0.25) is 9.89 Å². The molecular weight excluding hydrogens is 346 g/mol. The van der Waals surface area contributed by atoms with E-state index in [2.05, 4.69) is 45.8 Å².